The first-order chi connectivity index (χ1) is 10.4. The molecule has 0 atom stereocenters. The van der Waals surface area contributed by atoms with E-state index in [1.54, 1.807) is 0 Å². The fourth-order valence-electron chi connectivity index (χ4n) is 2.57. The molecule has 1 fully saturated rings. The van der Waals surface area contributed by atoms with Gasteiger partial charge >= 0.3 is 0 Å². The smallest absolute Gasteiger partial charge is 0.0312 e. The van der Waals surface area contributed by atoms with E-state index in [2.05, 4.69) is 31.9 Å². The number of nitrogens with zero attached hydrogens (tertiary/aromatic N) is 2. The highest BCUT2D eigenvalue weighted by molar-refractivity contribution is 5.08. The van der Waals surface area contributed by atoms with Crippen LogP contribution in [0.15, 0.2) is 24.5 Å². The number of nitrogens with one attached hydrogen (secondary N) is 3. The van der Waals surface area contributed by atoms with Crippen LogP contribution in [0.25, 0.3) is 0 Å². The SMILES string of the molecule is c1cncc(CN2CCCNCCNCCCNCC2)c1. The second-order valence-corrected chi connectivity index (χ2v) is 5.59. The van der Waals surface area contributed by atoms with E-state index in [1.165, 1.54) is 18.4 Å². The maximum Gasteiger partial charge on any atom is 0.0312 e. The van der Waals surface area contributed by atoms with Crippen LogP contribution in [-0.4, -0.2) is 62.2 Å². The fourth-order valence-corrected chi connectivity index (χ4v) is 2.57. The molecule has 1 aliphatic heterocycles. The van der Waals surface area contributed by atoms with Gasteiger partial charge < -0.3 is 16.0 Å². The van der Waals surface area contributed by atoms with Crippen molar-refractivity contribution in [2.24, 2.45) is 0 Å². The van der Waals surface area contributed by atoms with E-state index in [0.29, 0.717) is 0 Å². The molecule has 0 spiro atoms. The van der Waals surface area contributed by atoms with Gasteiger partial charge in [-0.15, -0.1) is 0 Å². The van der Waals surface area contributed by atoms with Crippen molar-refractivity contribution in [3.05, 3.63) is 30.1 Å². The number of rotatable bonds is 2. The Labute approximate surface area is 128 Å². The Kier molecular flexibility index (Phi) is 8.32. The molecule has 0 bridgehead atoms. The average molecular weight is 291 g/mol. The summed E-state index contributed by atoms with van der Waals surface area (Å²) in [5.74, 6) is 0. The summed E-state index contributed by atoms with van der Waals surface area (Å²) in [6.07, 6.45) is 6.21. The summed E-state index contributed by atoms with van der Waals surface area (Å²) in [7, 11) is 0. The Balaban J connectivity index is 1.78. The van der Waals surface area contributed by atoms with Crippen LogP contribution < -0.4 is 16.0 Å². The van der Waals surface area contributed by atoms with Crippen molar-refractivity contribution in [1.29, 1.82) is 0 Å². The second-order valence-electron chi connectivity index (χ2n) is 5.59. The Hall–Kier alpha value is -1.01. The highest BCUT2D eigenvalue weighted by Gasteiger charge is 2.06. The summed E-state index contributed by atoms with van der Waals surface area (Å²) in [5.41, 5.74) is 1.30. The number of pyridine rings is 1. The summed E-state index contributed by atoms with van der Waals surface area (Å²) < 4.78 is 0. The predicted molar refractivity (Wildman–Crippen MR) is 87.4 cm³/mol. The van der Waals surface area contributed by atoms with Crippen LogP contribution in [-0.2, 0) is 6.54 Å². The molecule has 0 amide bonds. The zero-order valence-electron chi connectivity index (χ0n) is 13.0. The molecule has 0 aliphatic carbocycles. The molecule has 1 saturated heterocycles. The van der Waals surface area contributed by atoms with Gasteiger partial charge in [-0.25, -0.2) is 0 Å². The molecule has 2 heterocycles. The van der Waals surface area contributed by atoms with Crippen molar-refractivity contribution in [2.45, 2.75) is 19.4 Å². The first-order valence-corrected chi connectivity index (χ1v) is 8.18. The van der Waals surface area contributed by atoms with Crippen molar-refractivity contribution in [2.75, 3.05) is 52.4 Å². The van der Waals surface area contributed by atoms with Gasteiger partial charge in [0.1, 0.15) is 0 Å². The second kappa shape index (κ2) is 10.7. The Morgan fingerprint density at radius 1 is 0.905 bits per heavy atom. The molecule has 1 aliphatic rings. The molecule has 0 radical (unpaired) electrons. The van der Waals surface area contributed by atoms with Crippen molar-refractivity contribution in [1.82, 2.24) is 25.8 Å². The molecule has 2 rings (SSSR count). The number of aromatic nitrogens is 1. The molecule has 5 nitrogen and oxygen atoms in total. The van der Waals surface area contributed by atoms with Crippen molar-refractivity contribution >= 4 is 0 Å². The van der Waals surface area contributed by atoms with Gasteiger partial charge in [0.05, 0.1) is 0 Å². The van der Waals surface area contributed by atoms with E-state index >= 15 is 0 Å². The lowest BCUT2D eigenvalue weighted by molar-refractivity contribution is 0.259. The lowest BCUT2D eigenvalue weighted by Gasteiger charge is -2.23. The van der Waals surface area contributed by atoms with Gasteiger partial charge in [-0.2, -0.15) is 0 Å². The molecule has 0 saturated carbocycles. The molecule has 5 heteroatoms. The molecule has 118 valence electrons. The Bertz CT molecular complexity index is 343. The first-order valence-electron chi connectivity index (χ1n) is 8.18. The quantitative estimate of drug-likeness (QED) is 0.738. The maximum atomic E-state index is 4.21. The Morgan fingerprint density at radius 2 is 1.67 bits per heavy atom. The van der Waals surface area contributed by atoms with Gasteiger partial charge in [0.2, 0.25) is 0 Å². The number of hydrogen-bond donors (Lipinski definition) is 3. The van der Waals surface area contributed by atoms with Crippen LogP contribution in [0, 0.1) is 0 Å². The lowest BCUT2D eigenvalue weighted by Crippen LogP contribution is -2.36. The maximum absolute atomic E-state index is 4.21. The molecule has 0 unspecified atom stereocenters. The molecule has 21 heavy (non-hydrogen) atoms. The predicted octanol–water partition coefficient (Wildman–Crippen LogP) is 0.446. The van der Waals surface area contributed by atoms with E-state index in [4.69, 9.17) is 0 Å². The van der Waals surface area contributed by atoms with E-state index in [9.17, 15) is 0 Å². The third kappa shape index (κ3) is 7.52. The molecule has 1 aromatic heterocycles. The summed E-state index contributed by atoms with van der Waals surface area (Å²) in [6, 6.07) is 4.18. The minimum atomic E-state index is 0.997. The molecular formula is C16H29N5. The van der Waals surface area contributed by atoms with Gasteiger partial charge in [0.15, 0.2) is 0 Å². The van der Waals surface area contributed by atoms with Crippen molar-refractivity contribution in [3.8, 4) is 0 Å². The molecule has 0 aromatic carbocycles. The summed E-state index contributed by atoms with van der Waals surface area (Å²) in [5, 5.41) is 10.5. The molecule has 1 aromatic rings. The van der Waals surface area contributed by atoms with Crippen LogP contribution in [0.5, 0.6) is 0 Å². The van der Waals surface area contributed by atoms with E-state index in [0.717, 1.165) is 58.9 Å². The summed E-state index contributed by atoms with van der Waals surface area (Å²) in [6.45, 7) is 9.73. The van der Waals surface area contributed by atoms with Crippen molar-refractivity contribution in [3.63, 3.8) is 0 Å². The van der Waals surface area contributed by atoms with Crippen LogP contribution in [0.3, 0.4) is 0 Å². The summed E-state index contributed by atoms with van der Waals surface area (Å²) >= 11 is 0. The summed E-state index contributed by atoms with van der Waals surface area (Å²) in [4.78, 5) is 6.74. The monoisotopic (exact) mass is 291 g/mol. The average Bonchev–Trinajstić information content (AvgIpc) is 2.52. The third-order valence-corrected chi connectivity index (χ3v) is 3.75. The first kappa shape index (κ1) is 16.4. The van der Waals surface area contributed by atoms with E-state index in [-0.39, 0.29) is 0 Å². The van der Waals surface area contributed by atoms with Gasteiger partial charge in [-0.1, -0.05) is 6.07 Å². The minimum Gasteiger partial charge on any atom is -0.315 e. The zero-order chi connectivity index (χ0) is 14.6. The molecule has 3 N–H and O–H groups in total. The number of hydrogen-bond acceptors (Lipinski definition) is 5. The van der Waals surface area contributed by atoms with Crippen LogP contribution in [0.1, 0.15) is 18.4 Å². The van der Waals surface area contributed by atoms with E-state index < -0.39 is 0 Å². The van der Waals surface area contributed by atoms with Crippen LogP contribution >= 0.6 is 0 Å². The highest BCUT2D eigenvalue weighted by Crippen LogP contribution is 2.03. The largest absolute Gasteiger partial charge is 0.315 e. The normalized spacial score (nSPS) is 20.8. The van der Waals surface area contributed by atoms with E-state index in [1.807, 2.05) is 18.5 Å². The standard InChI is InChI=1S/C16H29N5/c1-4-16(14-20-5-1)15-21-12-3-8-18-10-9-17-6-2-7-19-11-13-21/h1,4-5,14,17-19H,2-3,6-13,15H2. The minimum absolute atomic E-state index is 0.997. The van der Waals surface area contributed by atoms with Gasteiger partial charge in [0, 0.05) is 45.1 Å². The molecular weight excluding hydrogens is 262 g/mol. The van der Waals surface area contributed by atoms with Crippen LogP contribution in [0.2, 0.25) is 0 Å². The highest BCUT2D eigenvalue weighted by atomic mass is 15.1. The third-order valence-electron chi connectivity index (χ3n) is 3.75. The lowest BCUT2D eigenvalue weighted by atomic mass is 10.2. The fraction of sp³-hybridized carbons (Fsp3) is 0.688. The zero-order valence-corrected chi connectivity index (χ0v) is 13.0. The topological polar surface area (TPSA) is 52.2 Å². The van der Waals surface area contributed by atoms with Gasteiger partial charge in [-0.05, 0) is 50.7 Å². The van der Waals surface area contributed by atoms with Crippen LogP contribution in [0.4, 0.5) is 0 Å². The Morgan fingerprint density at radius 3 is 2.43 bits per heavy atom. The van der Waals surface area contributed by atoms with Gasteiger partial charge in [0.25, 0.3) is 0 Å². The van der Waals surface area contributed by atoms with Crippen molar-refractivity contribution < 1.29 is 0 Å². The van der Waals surface area contributed by atoms with Gasteiger partial charge in [-0.3, -0.25) is 9.88 Å².